The number of carbonyl (C=O) groups excluding carboxylic acids is 2. The second-order valence-electron chi connectivity index (χ2n) is 8.14. The molecule has 2 amide bonds. The van der Waals surface area contributed by atoms with Crippen LogP contribution in [0.1, 0.15) is 47.6 Å². The first-order valence-corrected chi connectivity index (χ1v) is 10.7. The Labute approximate surface area is 187 Å². The van der Waals surface area contributed by atoms with Gasteiger partial charge in [-0.2, -0.15) is 5.10 Å². The van der Waals surface area contributed by atoms with Crippen molar-refractivity contribution in [2.24, 2.45) is 7.05 Å². The summed E-state index contributed by atoms with van der Waals surface area (Å²) in [5.74, 6) is 1.36. The van der Waals surface area contributed by atoms with Gasteiger partial charge in [0.15, 0.2) is 0 Å². The van der Waals surface area contributed by atoms with E-state index in [9.17, 15) is 9.59 Å². The highest BCUT2D eigenvalue weighted by atomic mass is 16.5. The summed E-state index contributed by atoms with van der Waals surface area (Å²) in [6.07, 6.45) is 3.66. The number of aryl methyl sites for hydroxylation is 2. The third-order valence-electron chi connectivity index (χ3n) is 5.42. The molecule has 1 N–H and O–H groups in total. The molecule has 8 nitrogen and oxygen atoms in total. The summed E-state index contributed by atoms with van der Waals surface area (Å²) in [5.41, 5.74) is 2.97. The number of likely N-dealkylation sites (tertiary alicyclic amines) is 1. The van der Waals surface area contributed by atoms with E-state index in [1.54, 1.807) is 36.1 Å². The first-order chi connectivity index (χ1) is 15.4. The number of piperidine rings is 1. The number of pyridine rings is 1. The quantitative estimate of drug-likeness (QED) is 0.659. The molecule has 1 aromatic carbocycles. The first kappa shape index (κ1) is 21.5. The largest absolute Gasteiger partial charge is 0.457 e. The highest BCUT2D eigenvalue weighted by Crippen LogP contribution is 2.31. The van der Waals surface area contributed by atoms with E-state index in [1.165, 1.54) is 6.92 Å². The Bertz CT molecular complexity index is 1120. The lowest BCUT2D eigenvalue weighted by Gasteiger charge is -2.32. The Morgan fingerprint density at radius 2 is 1.91 bits per heavy atom. The third-order valence-corrected chi connectivity index (χ3v) is 5.42. The van der Waals surface area contributed by atoms with Crippen LogP contribution < -0.4 is 10.1 Å². The molecule has 0 spiro atoms. The molecule has 0 bridgehead atoms. The Morgan fingerprint density at radius 1 is 1.12 bits per heavy atom. The van der Waals surface area contributed by atoms with Crippen LogP contribution in [0.15, 0.2) is 48.7 Å². The van der Waals surface area contributed by atoms with Gasteiger partial charge >= 0.3 is 0 Å². The summed E-state index contributed by atoms with van der Waals surface area (Å²) in [5, 5.41) is 6.99. The zero-order chi connectivity index (χ0) is 22.7. The number of aromatic nitrogens is 3. The molecule has 1 fully saturated rings. The minimum absolute atomic E-state index is 0.0429. The Hall–Kier alpha value is -3.68. The molecule has 3 aromatic rings. The molecule has 2 aromatic heterocycles. The van der Waals surface area contributed by atoms with Gasteiger partial charge in [-0.05, 0) is 50.1 Å². The molecular weight excluding hydrogens is 406 g/mol. The second-order valence-corrected chi connectivity index (χ2v) is 8.14. The van der Waals surface area contributed by atoms with Crippen LogP contribution in [-0.2, 0) is 11.8 Å². The lowest BCUT2D eigenvalue weighted by atomic mass is 9.93. The van der Waals surface area contributed by atoms with Gasteiger partial charge in [0.2, 0.25) is 5.91 Å². The molecule has 3 heterocycles. The molecule has 166 valence electrons. The van der Waals surface area contributed by atoms with Crippen LogP contribution in [0.3, 0.4) is 0 Å². The highest BCUT2D eigenvalue weighted by molar-refractivity contribution is 5.92. The average molecular weight is 434 g/mol. The molecule has 1 saturated heterocycles. The number of anilines is 1. The number of carbonyl (C=O) groups is 2. The average Bonchev–Trinajstić information content (AvgIpc) is 3.20. The number of amides is 2. The maximum absolute atomic E-state index is 12.8. The maximum Gasteiger partial charge on any atom is 0.274 e. The predicted octanol–water partition coefficient (Wildman–Crippen LogP) is 3.89. The Morgan fingerprint density at radius 3 is 2.59 bits per heavy atom. The highest BCUT2D eigenvalue weighted by Gasteiger charge is 2.27. The number of ether oxygens (including phenoxy) is 1. The van der Waals surface area contributed by atoms with Gasteiger partial charge in [-0.3, -0.25) is 19.3 Å². The van der Waals surface area contributed by atoms with E-state index in [-0.39, 0.29) is 17.7 Å². The fourth-order valence-electron chi connectivity index (χ4n) is 3.97. The number of hydrogen-bond donors (Lipinski definition) is 1. The first-order valence-electron chi connectivity index (χ1n) is 10.7. The third kappa shape index (κ3) is 5.14. The van der Waals surface area contributed by atoms with Crippen molar-refractivity contribution in [3.63, 3.8) is 0 Å². The molecule has 1 atom stereocenters. The second kappa shape index (κ2) is 9.21. The van der Waals surface area contributed by atoms with Gasteiger partial charge < -0.3 is 15.0 Å². The van der Waals surface area contributed by atoms with Gasteiger partial charge in [0, 0.05) is 68.4 Å². The SMILES string of the molecule is CC(=O)Nc1ccc(Oc2cc(C)nc([C@@H]3CCCN(C(=O)c4ccn(C)n4)C3)c2)cc1. The zero-order valence-corrected chi connectivity index (χ0v) is 18.5. The van der Waals surface area contributed by atoms with Gasteiger partial charge in [-0.1, -0.05) is 0 Å². The lowest BCUT2D eigenvalue weighted by molar-refractivity contribution is -0.114. The van der Waals surface area contributed by atoms with Crippen molar-refractivity contribution in [3.05, 3.63) is 65.7 Å². The minimum Gasteiger partial charge on any atom is -0.457 e. The van der Waals surface area contributed by atoms with Crippen LogP contribution in [-0.4, -0.2) is 44.6 Å². The van der Waals surface area contributed by atoms with Crippen molar-refractivity contribution in [3.8, 4) is 11.5 Å². The van der Waals surface area contributed by atoms with Crippen molar-refractivity contribution >= 4 is 17.5 Å². The van der Waals surface area contributed by atoms with Crippen molar-refractivity contribution < 1.29 is 14.3 Å². The van der Waals surface area contributed by atoms with E-state index in [4.69, 9.17) is 9.72 Å². The normalized spacial score (nSPS) is 16.0. The summed E-state index contributed by atoms with van der Waals surface area (Å²) < 4.78 is 7.69. The summed E-state index contributed by atoms with van der Waals surface area (Å²) in [6, 6.07) is 12.8. The number of hydrogen-bond acceptors (Lipinski definition) is 5. The topological polar surface area (TPSA) is 89.4 Å². The molecule has 1 aliphatic rings. The molecule has 0 radical (unpaired) electrons. The van der Waals surface area contributed by atoms with Gasteiger partial charge in [0.05, 0.1) is 0 Å². The van der Waals surface area contributed by atoms with Crippen LogP contribution in [0.5, 0.6) is 11.5 Å². The van der Waals surface area contributed by atoms with Crippen molar-refractivity contribution in [1.82, 2.24) is 19.7 Å². The summed E-state index contributed by atoms with van der Waals surface area (Å²) in [6.45, 7) is 4.75. The van der Waals surface area contributed by atoms with Crippen LogP contribution in [0.25, 0.3) is 0 Å². The monoisotopic (exact) mass is 433 g/mol. The summed E-state index contributed by atoms with van der Waals surface area (Å²) in [4.78, 5) is 30.6. The van der Waals surface area contributed by atoms with Crippen LogP contribution in [0.4, 0.5) is 5.69 Å². The summed E-state index contributed by atoms with van der Waals surface area (Å²) >= 11 is 0. The van der Waals surface area contributed by atoms with Crippen molar-refractivity contribution in [2.75, 3.05) is 18.4 Å². The molecule has 0 saturated carbocycles. The van der Waals surface area contributed by atoms with E-state index in [1.807, 2.05) is 36.1 Å². The maximum atomic E-state index is 12.8. The predicted molar refractivity (Wildman–Crippen MR) is 121 cm³/mol. The molecule has 32 heavy (non-hydrogen) atoms. The van der Waals surface area contributed by atoms with Gasteiger partial charge in [0.25, 0.3) is 5.91 Å². The van der Waals surface area contributed by atoms with E-state index in [2.05, 4.69) is 10.4 Å². The molecule has 0 aliphatic carbocycles. The van der Waals surface area contributed by atoms with Gasteiger partial charge in [-0.25, -0.2) is 0 Å². The standard InChI is InChI=1S/C24H27N5O3/c1-16-13-21(32-20-8-6-19(7-9-20)26-17(2)30)14-23(25-16)18-5-4-11-29(15-18)24(31)22-10-12-28(3)27-22/h6-10,12-14,18H,4-5,11,15H2,1-3H3,(H,26,30)/t18-/m1/s1. The van der Waals surface area contributed by atoms with Gasteiger partial charge in [-0.15, -0.1) is 0 Å². The number of rotatable bonds is 5. The molecule has 4 rings (SSSR count). The fraction of sp³-hybridized carbons (Fsp3) is 0.333. The van der Waals surface area contributed by atoms with Gasteiger partial charge in [0.1, 0.15) is 17.2 Å². The molecule has 0 unspecified atom stereocenters. The van der Waals surface area contributed by atoms with Crippen molar-refractivity contribution in [1.29, 1.82) is 0 Å². The fourth-order valence-corrected chi connectivity index (χ4v) is 3.97. The van der Waals surface area contributed by atoms with Crippen LogP contribution in [0.2, 0.25) is 0 Å². The van der Waals surface area contributed by atoms with E-state index in [0.717, 1.165) is 36.5 Å². The molecular formula is C24H27N5O3. The molecule has 1 aliphatic heterocycles. The smallest absolute Gasteiger partial charge is 0.274 e. The van der Waals surface area contributed by atoms with E-state index in [0.29, 0.717) is 23.7 Å². The van der Waals surface area contributed by atoms with Crippen LogP contribution in [0, 0.1) is 6.92 Å². The van der Waals surface area contributed by atoms with E-state index < -0.39 is 0 Å². The number of benzene rings is 1. The van der Waals surface area contributed by atoms with Crippen molar-refractivity contribution in [2.45, 2.75) is 32.6 Å². The van der Waals surface area contributed by atoms with E-state index >= 15 is 0 Å². The summed E-state index contributed by atoms with van der Waals surface area (Å²) in [7, 11) is 1.81. The van der Waals surface area contributed by atoms with Crippen LogP contribution >= 0.6 is 0 Å². The number of nitrogens with zero attached hydrogens (tertiary/aromatic N) is 4. The number of nitrogens with one attached hydrogen (secondary N) is 1. The lowest BCUT2D eigenvalue weighted by Crippen LogP contribution is -2.39. The Balaban J connectivity index is 1.48. The minimum atomic E-state index is -0.115. The molecule has 8 heteroatoms. The Kier molecular flexibility index (Phi) is 6.20. The zero-order valence-electron chi connectivity index (χ0n) is 18.5.